The number of piperidine rings is 1. The van der Waals surface area contributed by atoms with Crippen LogP contribution in [-0.4, -0.2) is 81.8 Å². The molecule has 2 saturated heterocycles. The summed E-state index contributed by atoms with van der Waals surface area (Å²) in [6, 6.07) is 33.5. The molecule has 5 heterocycles. The number of halogens is 4. The van der Waals surface area contributed by atoms with Gasteiger partial charge in [0.05, 0.1) is 29.4 Å². The van der Waals surface area contributed by atoms with E-state index in [1.807, 2.05) is 72.5 Å². The molecule has 4 aromatic carbocycles. The number of carbonyl (C=O) groups excluding carboxylic acids is 2. The molecule has 336 valence electrons. The van der Waals surface area contributed by atoms with Gasteiger partial charge in [0.1, 0.15) is 29.2 Å². The minimum absolute atomic E-state index is 0.0644. The van der Waals surface area contributed by atoms with Crippen LogP contribution in [0.2, 0.25) is 5.02 Å². The Morgan fingerprint density at radius 2 is 1.52 bits per heavy atom. The predicted molar refractivity (Wildman–Crippen MR) is 245 cm³/mol. The molecule has 0 radical (unpaired) electrons. The number of nitrogens with one attached hydrogen (secondary N) is 2. The summed E-state index contributed by atoms with van der Waals surface area (Å²) in [5, 5.41) is 7.88. The summed E-state index contributed by atoms with van der Waals surface area (Å²) in [5.41, 5.74) is 7.72. The first-order chi connectivity index (χ1) is 31.5. The fourth-order valence-electron chi connectivity index (χ4n) is 8.10. The number of ether oxygens (including phenoxy) is 2. The minimum Gasteiger partial charge on any atom is -0.406 e. The van der Waals surface area contributed by atoms with E-state index in [-0.39, 0.29) is 23.5 Å². The van der Waals surface area contributed by atoms with Crippen molar-refractivity contribution in [3.8, 4) is 5.75 Å². The summed E-state index contributed by atoms with van der Waals surface area (Å²) in [4.78, 5) is 42.8. The van der Waals surface area contributed by atoms with E-state index in [1.165, 1.54) is 12.1 Å². The van der Waals surface area contributed by atoms with Gasteiger partial charge in [-0.2, -0.15) is 0 Å². The van der Waals surface area contributed by atoms with Crippen molar-refractivity contribution in [2.24, 2.45) is 0 Å². The number of alkyl halides is 3. The normalized spacial score (nSPS) is 14.5. The Labute approximate surface area is 379 Å². The molecule has 2 aliphatic rings. The highest BCUT2D eigenvalue weighted by atomic mass is 35.5. The van der Waals surface area contributed by atoms with Gasteiger partial charge in [0.2, 0.25) is 0 Å². The second-order valence-corrected chi connectivity index (χ2v) is 16.2. The molecule has 0 saturated carbocycles. The van der Waals surface area contributed by atoms with E-state index in [0.717, 1.165) is 70.7 Å². The van der Waals surface area contributed by atoms with Gasteiger partial charge >= 0.3 is 6.36 Å². The molecule has 16 heteroatoms. The van der Waals surface area contributed by atoms with Crippen molar-refractivity contribution < 1.29 is 32.2 Å². The number of pyridine rings is 1. The van der Waals surface area contributed by atoms with Crippen LogP contribution in [0.1, 0.15) is 68.9 Å². The molecule has 9 rings (SSSR count). The summed E-state index contributed by atoms with van der Waals surface area (Å²) in [7, 11) is 0. The van der Waals surface area contributed by atoms with Gasteiger partial charge in [-0.3, -0.25) is 14.0 Å². The zero-order valence-corrected chi connectivity index (χ0v) is 36.5. The number of fused-ring (bicyclic) bond motifs is 2. The number of para-hydroxylation sites is 1. The molecule has 2 fully saturated rings. The third-order valence-corrected chi connectivity index (χ3v) is 11.8. The highest BCUT2D eigenvalue weighted by molar-refractivity contribution is 6.30. The fourth-order valence-corrected chi connectivity index (χ4v) is 8.26. The van der Waals surface area contributed by atoms with Crippen LogP contribution in [0.15, 0.2) is 122 Å². The maximum absolute atomic E-state index is 13.0. The molecule has 3 aromatic heterocycles. The van der Waals surface area contributed by atoms with Gasteiger partial charge in [0, 0.05) is 62.1 Å². The Bertz CT molecular complexity index is 2710. The summed E-state index contributed by atoms with van der Waals surface area (Å²) in [6.07, 6.45) is 1.02. The molecule has 2 aliphatic heterocycles. The van der Waals surface area contributed by atoms with Crippen LogP contribution in [0.3, 0.4) is 0 Å². The third kappa shape index (κ3) is 11.3. The predicted octanol–water partition coefficient (Wildman–Crippen LogP) is 9.48. The highest BCUT2D eigenvalue weighted by Crippen LogP contribution is 2.33. The molecule has 0 atom stereocenters. The number of amides is 2. The number of benzene rings is 4. The van der Waals surface area contributed by atoms with E-state index in [4.69, 9.17) is 16.3 Å². The van der Waals surface area contributed by atoms with Gasteiger partial charge in [-0.1, -0.05) is 67.1 Å². The van der Waals surface area contributed by atoms with Crippen molar-refractivity contribution in [2.75, 3.05) is 49.6 Å². The van der Waals surface area contributed by atoms with Crippen LogP contribution in [0.25, 0.3) is 16.6 Å². The van der Waals surface area contributed by atoms with Gasteiger partial charge in [0.25, 0.3) is 11.8 Å². The highest BCUT2D eigenvalue weighted by Gasteiger charge is 2.31. The van der Waals surface area contributed by atoms with Crippen molar-refractivity contribution in [3.05, 3.63) is 160 Å². The van der Waals surface area contributed by atoms with E-state index in [9.17, 15) is 22.8 Å². The monoisotopic (exact) mass is 904 g/mol. The Morgan fingerprint density at radius 1 is 0.831 bits per heavy atom. The van der Waals surface area contributed by atoms with E-state index in [1.54, 1.807) is 41.2 Å². The van der Waals surface area contributed by atoms with Crippen molar-refractivity contribution >= 4 is 51.5 Å². The number of anilines is 2. The van der Waals surface area contributed by atoms with Crippen molar-refractivity contribution in [2.45, 2.75) is 51.6 Å². The molecule has 12 nitrogen and oxygen atoms in total. The minimum atomic E-state index is -4.68. The lowest BCUT2D eigenvalue weighted by molar-refractivity contribution is -0.274. The van der Waals surface area contributed by atoms with Crippen LogP contribution in [-0.2, 0) is 24.2 Å². The van der Waals surface area contributed by atoms with Gasteiger partial charge in [-0.25, -0.2) is 15.0 Å². The number of aryl methyl sites for hydroxylation is 1. The zero-order valence-electron chi connectivity index (χ0n) is 35.7. The standard InChI is InChI=1S/C29H28ClF3N4O2.C20H20N4O2/c1-2-25-27(37-18-22(30)7-12-26(37)35-25)28(38)34-17-19-3-8-23(9-4-19)36-15-13-21(14-16-36)20-5-10-24(11-6-20)39-29(31,32)33;25-20(24-9-11-26-12-10-24)16-7-5-15(6-8-16)13-21-19-17-3-1-2-4-18(17)22-14-23-19/h3-12,18,21H,2,13-17H2,1H3,(H,34,38);1-8,14H,9-13H2,(H,21,22,23). The summed E-state index contributed by atoms with van der Waals surface area (Å²) >= 11 is 6.14. The van der Waals surface area contributed by atoms with E-state index in [2.05, 4.69) is 47.4 Å². The fraction of sp³-hybridized carbons (Fsp3) is 0.286. The summed E-state index contributed by atoms with van der Waals surface area (Å²) < 4.78 is 48.2. The first-order valence-electron chi connectivity index (χ1n) is 21.5. The maximum Gasteiger partial charge on any atom is 0.573 e. The number of nitrogens with zero attached hydrogens (tertiary/aromatic N) is 6. The molecule has 0 aliphatic carbocycles. The summed E-state index contributed by atoms with van der Waals surface area (Å²) in [5.74, 6) is 0.760. The summed E-state index contributed by atoms with van der Waals surface area (Å²) in [6.45, 7) is 7.20. The van der Waals surface area contributed by atoms with Gasteiger partial charge in [-0.05, 0) is 103 Å². The Hall–Kier alpha value is -6.71. The zero-order chi connectivity index (χ0) is 45.3. The molecular formula is C49H48ClF3N8O4. The quantitative estimate of drug-likeness (QED) is 0.131. The van der Waals surface area contributed by atoms with Crippen molar-refractivity contribution in [1.82, 2.24) is 29.6 Å². The number of aromatic nitrogens is 4. The largest absolute Gasteiger partial charge is 0.573 e. The maximum atomic E-state index is 13.0. The number of hydrogen-bond donors (Lipinski definition) is 2. The second kappa shape index (κ2) is 20.4. The third-order valence-electron chi connectivity index (χ3n) is 11.5. The topological polar surface area (TPSA) is 126 Å². The Morgan fingerprint density at radius 3 is 2.23 bits per heavy atom. The lowest BCUT2D eigenvalue weighted by Gasteiger charge is -2.34. The van der Waals surface area contributed by atoms with Crippen LogP contribution in [0.5, 0.6) is 5.75 Å². The van der Waals surface area contributed by atoms with Crippen LogP contribution >= 0.6 is 11.6 Å². The molecule has 0 unspecified atom stereocenters. The lowest BCUT2D eigenvalue weighted by Crippen LogP contribution is -2.40. The van der Waals surface area contributed by atoms with Crippen LogP contribution in [0.4, 0.5) is 24.7 Å². The second-order valence-electron chi connectivity index (χ2n) is 15.8. The molecular weight excluding hydrogens is 857 g/mol. The number of rotatable bonds is 11. The van der Waals surface area contributed by atoms with Gasteiger partial charge < -0.3 is 29.9 Å². The molecule has 2 amide bonds. The molecule has 65 heavy (non-hydrogen) atoms. The Balaban J connectivity index is 0.000000192. The van der Waals surface area contributed by atoms with Gasteiger partial charge in [0.15, 0.2) is 0 Å². The van der Waals surface area contributed by atoms with E-state index in [0.29, 0.717) is 67.7 Å². The molecule has 2 N–H and O–H groups in total. The molecule has 0 spiro atoms. The van der Waals surface area contributed by atoms with Crippen LogP contribution in [0, 0.1) is 0 Å². The van der Waals surface area contributed by atoms with Crippen LogP contribution < -0.4 is 20.3 Å². The average Bonchev–Trinajstić information content (AvgIpc) is 3.71. The van der Waals surface area contributed by atoms with E-state index >= 15 is 0 Å². The molecule has 0 bridgehead atoms. The first kappa shape index (κ1) is 44.9. The van der Waals surface area contributed by atoms with E-state index < -0.39 is 6.36 Å². The number of hydrogen-bond acceptors (Lipinski definition) is 9. The SMILES string of the molecule is CCc1nc2ccc(Cl)cn2c1C(=O)NCc1ccc(N2CCC(c3ccc(OC(F)(F)F)cc3)CC2)cc1.O=C(c1ccc(CNc2ncnc3ccccc23)cc1)N1CCOCC1. The average molecular weight is 905 g/mol. The molecule has 7 aromatic rings. The van der Waals surface area contributed by atoms with Crippen molar-refractivity contribution in [3.63, 3.8) is 0 Å². The number of carbonyl (C=O) groups is 2. The smallest absolute Gasteiger partial charge is 0.406 e. The lowest BCUT2D eigenvalue weighted by atomic mass is 9.89. The Kier molecular flexibility index (Phi) is 14.1. The first-order valence-corrected chi connectivity index (χ1v) is 21.9. The number of morpholine rings is 1. The van der Waals surface area contributed by atoms with Crippen molar-refractivity contribution in [1.29, 1.82) is 0 Å². The van der Waals surface area contributed by atoms with Gasteiger partial charge in [-0.15, -0.1) is 13.2 Å². The number of imidazole rings is 1.